The molecule has 0 atom stereocenters. The number of fused-ring (bicyclic) bond motifs is 1. The van der Waals surface area contributed by atoms with E-state index < -0.39 is 0 Å². The predicted molar refractivity (Wildman–Crippen MR) is 144 cm³/mol. The molecule has 0 bridgehead atoms. The lowest BCUT2D eigenvalue weighted by molar-refractivity contribution is 0.102. The van der Waals surface area contributed by atoms with E-state index in [1.54, 1.807) is 35.6 Å². The second-order valence-corrected chi connectivity index (χ2v) is 9.61. The zero-order valence-corrected chi connectivity index (χ0v) is 21.7. The standard InChI is InChI=1S/C26H25Cl2N3O3S/c1-3-16-12-30-25(28)23-18(14-35-24(16)23)13-34-22-11-19(6-4-15(22)2)31-26(33)17-5-7-21(20(27)10-17)29-8-9-32/h4-7,10-12,14,29,32H,3,8-9,13H2,1-2H3,(H,31,33). The van der Waals surface area contributed by atoms with Crippen molar-refractivity contribution in [1.29, 1.82) is 0 Å². The molecule has 2 heterocycles. The maximum atomic E-state index is 12.8. The maximum absolute atomic E-state index is 12.8. The fourth-order valence-electron chi connectivity index (χ4n) is 3.65. The SMILES string of the molecule is CCc1cnc(Cl)c2c(COc3cc(NC(=O)c4ccc(NCCO)c(Cl)c4)ccc3C)csc12. The molecule has 0 saturated carbocycles. The van der Waals surface area contributed by atoms with E-state index in [4.69, 9.17) is 33.0 Å². The number of pyridine rings is 1. The summed E-state index contributed by atoms with van der Waals surface area (Å²) in [6, 6.07) is 10.5. The van der Waals surface area contributed by atoms with Gasteiger partial charge in [-0.15, -0.1) is 11.3 Å². The summed E-state index contributed by atoms with van der Waals surface area (Å²) in [5.74, 6) is 0.378. The van der Waals surface area contributed by atoms with E-state index in [9.17, 15) is 4.79 Å². The van der Waals surface area contributed by atoms with Crippen molar-refractivity contribution in [3.05, 3.63) is 80.4 Å². The predicted octanol–water partition coefficient (Wildman–Crippen LogP) is 6.71. The highest BCUT2D eigenvalue weighted by Gasteiger charge is 2.14. The van der Waals surface area contributed by atoms with Crippen molar-refractivity contribution in [1.82, 2.24) is 4.98 Å². The van der Waals surface area contributed by atoms with Gasteiger partial charge in [0.2, 0.25) is 0 Å². The number of thiophene rings is 1. The van der Waals surface area contributed by atoms with E-state index in [1.165, 1.54) is 5.56 Å². The Morgan fingerprint density at radius 3 is 2.74 bits per heavy atom. The topological polar surface area (TPSA) is 83.5 Å². The number of rotatable bonds is 9. The van der Waals surface area contributed by atoms with Gasteiger partial charge in [0.1, 0.15) is 17.5 Å². The van der Waals surface area contributed by atoms with Gasteiger partial charge in [-0.05, 0) is 54.1 Å². The van der Waals surface area contributed by atoms with Crippen LogP contribution in [0.3, 0.4) is 0 Å². The Labute approximate surface area is 217 Å². The van der Waals surface area contributed by atoms with Crippen LogP contribution in [0.15, 0.2) is 48.0 Å². The Hall–Kier alpha value is -2.84. The van der Waals surface area contributed by atoms with Gasteiger partial charge in [0.05, 0.1) is 17.3 Å². The number of benzene rings is 2. The molecule has 4 aromatic rings. The van der Waals surface area contributed by atoms with Gasteiger partial charge in [-0.3, -0.25) is 4.79 Å². The molecule has 0 aliphatic heterocycles. The molecule has 182 valence electrons. The molecule has 3 N–H and O–H groups in total. The number of amides is 1. The second kappa shape index (κ2) is 11.3. The Balaban J connectivity index is 1.48. The van der Waals surface area contributed by atoms with Gasteiger partial charge >= 0.3 is 0 Å². The van der Waals surface area contributed by atoms with Crippen LogP contribution in [0.25, 0.3) is 10.1 Å². The number of aryl methyl sites for hydroxylation is 2. The van der Waals surface area contributed by atoms with Crippen LogP contribution in [0.5, 0.6) is 5.75 Å². The first-order valence-corrected chi connectivity index (χ1v) is 12.8. The third-order valence-electron chi connectivity index (χ3n) is 5.57. The van der Waals surface area contributed by atoms with Crippen molar-refractivity contribution in [2.75, 3.05) is 23.8 Å². The average molecular weight is 530 g/mol. The molecule has 0 radical (unpaired) electrons. The third-order valence-corrected chi connectivity index (χ3v) is 7.27. The lowest BCUT2D eigenvalue weighted by Crippen LogP contribution is -2.13. The first-order chi connectivity index (χ1) is 16.9. The van der Waals surface area contributed by atoms with E-state index >= 15 is 0 Å². The lowest BCUT2D eigenvalue weighted by atomic mass is 10.1. The van der Waals surface area contributed by atoms with Crippen LogP contribution in [0.1, 0.15) is 34.0 Å². The van der Waals surface area contributed by atoms with Crippen LogP contribution in [-0.4, -0.2) is 29.1 Å². The molecule has 0 saturated heterocycles. The molecule has 0 aliphatic carbocycles. The Morgan fingerprint density at radius 2 is 2.00 bits per heavy atom. The number of nitrogens with zero attached hydrogens (tertiary/aromatic N) is 1. The number of carbonyl (C=O) groups excluding carboxylic acids is 1. The Bertz CT molecular complexity index is 1370. The molecule has 0 fully saturated rings. The molecule has 1 amide bonds. The number of hydrogen-bond donors (Lipinski definition) is 3. The zero-order valence-electron chi connectivity index (χ0n) is 19.3. The van der Waals surface area contributed by atoms with Crippen molar-refractivity contribution < 1.29 is 14.6 Å². The minimum atomic E-state index is -0.288. The fourth-order valence-corrected chi connectivity index (χ4v) is 5.36. The molecular formula is C26H25Cl2N3O3S. The zero-order chi connectivity index (χ0) is 24.9. The van der Waals surface area contributed by atoms with E-state index in [0.29, 0.717) is 46.0 Å². The Morgan fingerprint density at radius 1 is 1.17 bits per heavy atom. The molecule has 4 rings (SSSR count). The number of ether oxygens (including phenoxy) is 1. The summed E-state index contributed by atoms with van der Waals surface area (Å²) >= 11 is 14.3. The van der Waals surface area contributed by atoms with Crippen molar-refractivity contribution in [2.45, 2.75) is 26.9 Å². The van der Waals surface area contributed by atoms with Crippen LogP contribution in [0.4, 0.5) is 11.4 Å². The summed E-state index contributed by atoms with van der Waals surface area (Å²) in [5, 5.41) is 18.7. The third kappa shape index (κ3) is 5.70. The molecule has 9 heteroatoms. The molecule has 0 aliphatic rings. The van der Waals surface area contributed by atoms with Gasteiger partial charge in [-0.2, -0.15) is 0 Å². The van der Waals surface area contributed by atoms with Gasteiger partial charge < -0.3 is 20.5 Å². The van der Waals surface area contributed by atoms with Crippen molar-refractivity contribution in [2.24, 2.45) is 0 Å². The molecule has 2 aromatic heterocycles. The monoisotopic (exact) mass is 529 g/mol. The number of carbonyl (C=O) groups is 1. The first-order valence-electron chi connectivity index (χ1n) is 11.1. The van der Waals surface area contributed by atoms with E-state index in [1.807, 2.05) is 25.3 Å². The first kappa shape index (κ1) is 25.3. The van der Waals surface area contributed by atoms with Crippen molar-refractivity contribution in [3.63, 3.8) is 0 Å². The maximum Gasteiger partial charge on any atom is 0.255 e. The van der Waals surface area contributed by atoms with Crippen LogP contribution in [0.2, 0.25) is 10.2 Å². The highest BCUT2D eigenvalue weighted by atomic mass is 35.5. The molecule has 6 nitrogen and oxygen atoms in total. The summed E-state index contributed by atoms with van der Waals surface area (Å²) in [5.41, 5.74) is 4.78. The van der Waals surface area contributed by atoms with Gasteiger partial charge in [0.25, 0.3) is 5.91 Å². The number of aliphatic hydroxyl groups is 1. The molecular weight excluding hydrogens is 505 g/mol. The number of aromatic nitrogens is 1. The van der Waals surface area contributed by atoms with Crippen molar-refractivity contribution >= 4 is 61.9 Å². The number of halogens is 2. The van der Waals surface area contributed by atoms with E-state index in [-0.39, 0.29) is 12.5 Å². The number of anilines is 2. The fraction of sp³-hybridized carbons (Fsp3) is 0.231. The molecule has 35 heavy (non-hydrogen) atoms. The highest BCUT2D eigenvalue weighted by Crippen LogP contribution is 2.35. The summed E-state index contributed by atoms with van der Waals surface area (Å²) in [6.45, 7) is 4.75. The summed E-state index contributed by atoms with van der Waals surface area (Å²) in [6.07, 6.45) is 2.71. The molecule has 0 spiro atoms. The minimum Gasteiger partial charge on any atom is -0.489 e. The van der Waals surface area contributed by atoms with Gasteiger partial charge in [0.15, 0.2) is 0 Å². The summed E-state index contributed by atoms with van der Waals surface area (Å²) in [7, 11) is 0. The summed E-state index contributed by atoms with van der Waals surface area (Å²) in [4.78, 5) is 17.1. The average Bonchev–Trinajstić information content (AvgIpc) is 3.29. The molecule has 2 aromatic carbocycles. The smallest absolute Gasteiger partial charge is 0.255 e. The minimum absolute atomic E-state index is 0.0112. The quantitative estimate of drug-likeness (QED) is 0.210. The highest BCUT2D eigenvalue weighted by molar-refractivity contribution is 7.17. The second-order valence-electron chi connectivity index (χ2n) is 7.96. The van der Waals surface area contributed by atoms with E-state index in [2.05, 4.69) is 27.9 Å². The van der Waals surface area contributed by atoms with Crippen molar-refractivity contribution in [3.8, 4) is 5.75 Å². The molecule has 0 unspecified atom stereocenters. The Kier molecular flexibility index (Phi) is 8.13. The van der Waals surface area contributed by atoms with Gasteiger partial charge in [-0.25, -0.2) is 4.98 Å². The lowest BCUT2D eigenvalue weighted by Gasteiger charge is -2.13. The largest absolute Gasteiger partial charge is 0.489 e. The number of nitrogens with one attached hydrogen (secondary N) is 2. The number of hydrogen-bond acceptors (Lipinski definition) is 6. The number of aliphatic hydroxyl groups excluding tert-OH is 1. The van der Waals surface area contributed by atoms with Crippen LogP contribution >= 0.6 is 34.5 Å². The normalized spacial score (nSPS) is 11.0. The van der Waals surface area contributed by atoms with Crippen LogP contribution < -0.4 is 15.4 Å². The van der Waals surface area contributed by atoms with Gasteiger partial charge in [-0.1, -0.05) is 36.2 Å². The van der Waals surface area contributed by atoms with Gasteiger partial charge in [0, 0.05) is 45.7 Å². The van der Waals surface area contributed by atoms with Crippen LogP contribution in [0, 0.1) is 6.92 Å². The van der Waals surface area contributed by atoms with E-state index in [0.717, 1.165) is 27.6 Å². The van der Waals surface area contributed by atoms with Crippen LogP contribution in [-0.2, 0) is 13.0 Å². The summed E-state index contributed by atoms with van der Waals surface area (Å²) < 4.78 is 7.28.